The standard InChI is InChI=1S/C20H21N7O/c1-14-18(26-11-9-25(10-12-26)15-6-3-2-4-7-15)23-20(21)27-19(14)22-17(24-27)16-8-5-13-28-16/h2-8,13H,9-12H2,1H3,(H2,21,23). The minimum atomic E-state index is 0.325. The van der Waals surface area contributed by atoms with E-state index in [9.17, 15) is 0 Å². The highest BCUT2D eigenvalue weighted by Crippen LogP contribution is 2.27. The Kier molecular flexibility index (Phi) is 3.89. The van der Waals surface area contributed by atoms with Crippen molar-refractivity contribution < 1.29 is 4.42 Å². The molecule has 1 aliphatic rings. The number of nitrogen functional groups attached to an aromatic ring is 1. The van der Waals surface area contributed by atoms with Crippen LogP contribution in [-0.2, 0) is 0 Å². The molecule has 28 heavy (non-hydrogen) atoms. The molecule has 1 saturated heterocycles. The van der Waals surface area contributed by atoms with E-state index in [4.69, 9.17) is 10.2 Å². The van der Waals surface area contributed by atoms with Crippen LogP contribution in [0.4, 0.5) is 17.5 Å². The summed E-state index contributed by atoms with van der Waals surface area (Å²) in [7, 11) is 0. The molecule has 0 saturated carbocycles. The van der Waals surface area contributed by atoms with Gasteiger partial charge in [-0.25, -0.2) is 4.98 Å². The van der Waals surface area contributed by atoms with Crippen LogP contribution < -0.4 is 15.5 Å². The molecule has 0 unspecified atom stereocenters. The van der Waals surface area contributed by atoms with Crippen LogP contribution >= 0.6 is 0 Å². The zero-order valence-electron chi connectivity index (χ0n) is 15.6. The van der Waals surface area contributed by atoms with Crippen LogP contribution in [-0.4, -0.2) is 45.8 Å². The zero-order valence-corrected chi connectivity index (χ0v) is 15.6. The van der Waals surface area contributed by atoms with E-state index in [-0.39, 0.29) is 0 Å². The number of piperazine rings is 1. The van der Waals surface area contributed by atoms with Gasteiger partial charge in [-0.05, 0) is 31.2 Å². The van der Waals surface area contributed by atoms with E-state index in [1.165, 1.54) is 5.69 Å². The molecule has 1 fully saturated rings. The van der Waals surface area contributed by atoms with Crippen molar-refractivity contribution in [1.29, 1.82) is 0 Å². The molecule has 0 atom stereocenters. The van der Waals surface area contributed by atoms with Crippen molar-refractivity contribution in [3.05, 3.63) is 54.3 Å². The largest absolute Gasteiger partial charge is 0.461 e. The highest BCUT2D eigenvalue weighted by Gasteiger charge is 2.23. The summed E-state index contributed by atoms with van der Waals surface area (Å²) in [6.07, 6.45) is 1.60. The van der Waals surface area contributed by atoms with Crippen LogP contribution in [0.25, 0.3) is 17.2 Å². The summed E-state index contributed by atoms with van der Waals surface area (Å²) in [6, 6.07) is 14.1. The fourth-order valence-corrected chi connectivity index (χ4v) is 3.69. The van der Waals surface area contributed by atoms with Gasteiger partial charge in [0.2, 0.25) is 11.8 Å². The van der Waals surface area contributed by atoms with Gasteiger partial charge in [-0.1, -0.05) is 18.2 Å². The molecule has 4 aromatic rings. The summed E-state index contributed by atoms with van der Waals surface area (Å²) in [5, 5.41) is 4.45. The third kappa shape index (κ3) is 2.74. The molecule has 8 nitrogen and oxygen atoms in total. The Labute approximate surface area is 162 Å². The molecule has 4 heterocycles. The second-order valence-electron chi connectivity index (χ2n) is 6.88. The highest BCUT2D eigenvalue weighted by atomic mass is 16.3. The van der Waals surface area contributed by atoms with Gasteiger partial charge in [0.05, 0.1) is 6.26 Å². The number of benzene rings is 1. The number of aromatic nitrogens is 4. The van der Waals surface area contributed by atoms with Gasteiger partial charge >= 0.3 is 0 Å². The van der Waals surface area contributed by atoms with Crippen LogP contribution in [0, 0.1) is 6.92 Å². The number of aryl methyl sites for hydroxylation is 1. The molecule has 3 aromatic heterocycles. The van der Waals surface area contributed by atoms with Crippen molar-refractivity contribution in [3.8, 4) is 11.6 Å². The third-order valence-electron chi connectivity index (χ3n) is 5.16. The quantitative estimate of drug-likeness (QED) is 0.589. The molecule has 0 amide bonds. The maximum atomic E-state index is 6.20. The Morgan fingerprint density at radius 1 is 0.929 bits per heavy atom. The molecule has 1 aliphatic heterocycles. The summed E-state index contributed by atoms with van der Waals surface area (Å²) in [4.78, 5) is 13.9. The number of para-hydroxylation sites is 1. The summed E-state index contributed by atoms with van der Waals surface area (Å²) in [6.45, 7) is 5.62. The van der Waals surface area contributed by atoms with E-state index in [1.807, 2.05) is 25.1 Å². The van der Waals surface area contributed by atoms with Crippen molar-refractivity contribution >= 4 is 23.1 Å². The SMILES string of the molecule is Cc1c(N2CCN(c3ccccc3)CC2)nc(N)n2nc(-c3ccco3)nc12. The maximum Gasteiger partial charge on any atom is 0.225 e. The van der Waals surface area contributed by atoms with Crippen LogP contribution in [0.15, 0.2) is 53.1 Å². The summed E-state index contributed by atoms with van der Waals surface area (Å²) >= 11 is 0. The molecular weight excluding hydrogens is 354 g/mol. The van der Waals surface area contributed by atoms with Gasteiger partial charge in [0, 0.05) is 37.4 Å². The average molecular weight is 375 g/mol. The van der Waals surface area contributed by atoms with Crippen molar-refractivity contribution in [2.45, 2.75) is 6.92 Å². The lowest BCUT2D eigenvalue weighted by molar-refractivity contribution is 0.577. The predicted octanol–water partition coefficient (Wildman–Crippen LogP) is 2.60. The number of fused-ring (bicyclic) bond motifs is 1. The number of rotatable bonds is 3. The number of nitrogens with zero attached hydrogens (tertiary/aromatic N) is 6. The molecule has 1 aromatic carbocycles. The first-order chi connectivity index (χ1) is 13.7. The van der Waals surface area contributed by atoms with Crippen LogP contribution in [0.3, 0.4) is 0 Å². The number of hydrogen-bond acceptors (Lipinski definition) is 7. The summed E-state index contributed by atoms with van der Waals surface area (Å²) in [5.41, 5.74) is 9.12. The fraction of sp³-hybridized carbons (Fsp3) is 0.250. The second-order valence-corrected chi connectivity index (χ2v) is 6.88. The van der Waals surface area contributed by atoms with Gasteiger partial charge in [0.15, 0.2) is 11.4 Å². The molecule has 0 radical (unpaired) electrons. The molecule has 8 heteroatoms. The van der Waals surface area contributed by atoms with E-state index in [1.54, 1.807) is 10.8 Å². The highest BCUT2D eigenvalue weighted by molar-refractivity contribution is 5.66. The lowest BCUT2D eigenvalue weighted by Crippen LogP contribution is -2.47. The molecule has 2 N–H and O–H groups in total. The minimum Gasteiger partial charge on any atom is -0.461 e. The van der Waals surface area contributed by atoms with E-state index in [0.29, 0.717) is 23.2 Å². The third-order valence-corrected chi connectivity index (χ3v) is 5.16. The lowest BCUT2D eigenvalue weighted by Gasteiger charge is -2.37. The van der Waals surface area contributed by atoms with Gasteiger partial charge in [-0.2, -0.15) is 9.50 Å². The smallest absolute Gasteiger partial charge is 0.225 e. The number of nitrogens with two attached hydrogens (primary N) is 1. The molecule has 0 bridgehead atoms. The van der Waals surface area contributed by atoms with Crippen molar-refractivity contribution in [2.75, 3.05) is 41.7 Å². The normalized spacial score (nSPS) is 14.8. The Morgan fingerprint density at radius 3 is 2.39 bits per heavy atom. The van der Waals surface area contributed by atoms with Crippen LogP contribution in [0.2, 0.25) is 0 Å². The first-order valence-corrected chi connectivity index (χ1v) is 9.32. The molecule has 142 valence electrons. The maximum absolute atomic E-state index is 6.20. The van der Waals surface area contributed by atoms with Gasteiger partial charge in [-0.3, -0.25) is 0 Å². The van der Waals surface area contributed by atoms with E-state index >= 15 is 0 Å². The number of hydrogen-bond donors (Lipinski definition) is 1. The minimum absolute atomic E-state index is 0.325. The topological polar surface area (TPSA) is 88.7 Å². The molecule has 0 spiro atoms. The average Bonchev–Trinajstić information content (AvgIpc) is 3.41. The summed E-state index contributed by atoms with van der Waals surface area (Å²) < 4.78 is 6.99. The lowest BCUT2D eigenvalue weighted by atomic mass is 10.2. The van der Waals surface area contributed by atoms with E-state index in [0.717, 1.165) is 37.6 Å². The summed E-state index contributed by atoms with van der Waals surface area (Å²) in [5.74, 6) is 2.32. The van der Waals surface area contributed by atoms with Gasteiger partial charge in [-0.15, -0.1) is 5.10 Å². The monoisotopic (exact) mass is 375 g/mol. The van der Waals surface area contributed by atoms with Gasteiger partial charge in [0.1, 0.15) is 5.82 Å². The molecule has 0 aliphatic carbocycles. The van der Waals surface area contributed by atoms with Gasteiger partial charge < -0.3 is 20.0 Å². The number of furan rings is 1. The molecule has 5 rings (SSSR count). The van der Waals surface area contributed by atoms with Crippen LogP contribution in [0.5, 0.6) is 0 Å². The Balaban J connectivity index is 1.44. The van der Waals surface area contributed by atoms with Crippen molar-refractivity contribution in [1.82, 2.24) is 19.6 Å². The fourth-order valence-electron chi connectivity index (χ4n) is 3.69. The molecular formula is C20H21N7O. The van der Waals surface area contributed by atoms with Crippen molar-refractivity contribution in [2.24, 2.45) is 0 Å². The Hall–Kier alpha value is -3.55. The van der Waals surface area contributed by atoms with Gasteiger partial charge in [0.25, 0.3) is 0 Å². The Bertz CT molecular complexity index is 1100. The first kappa shape index (κ1) is 16.6. The first-order valence-electron chi connectivity index (χ1n) is 9.32. The predicted molar refractivity (Wildman–Crippen MR) is 109 cm³/mol. The van der Waals surface area contributed by atoms with E-state index in [2.05, 4.69) is 49.1 Å². The Morgan fingerprint density at radius 2 is 1.68 bits per heavy atom. The van der Waals surface area contributed by atoms with E-state index < -0.39 is 0 Å². The number of anilines is 3. The zero-order chi connectivity index (χ0) is 19.1. The second kappa shape index (κ2) is 6.56. The van der Waals surface area contributed by atoms with Crippen molar-refractivity contribution in [3.63, 3.8) is 0 Å². The van der Waals surface area contributed by atoms with Crippen LogP contribution in [0.1, 0.15) is 5.56 Å².